The number of esters is 1. The molecule has 0 aromatic heterocycles. The Balaban J connectivity index is 3.25. The summed E-state index contributed by atoms with van der Waals surface area (Å²) in [5, 5.41) is 8.97. The molecule has 0 aliphatic rings. The number of hydrogen-bond donors (Lipinski definition) is 0. The SMILES string of the molecule is CCc1cc(C#N)cc(CC(=O)OC)c1CC. The van der Waals surface area contributed by atoms with Crippen molar-refractivity contribution in [3.05, 3.63) is 34.4 Å². The lowest BCUT2D eigenvalue weighted by Crippen LogP contribution is -2.09. The third-order valence-electron chi connectivity index (χ3n) is 2.86. The quantitative estimate of drug-likeness (QED) is 0.748. The zero-order valence-corrected chi connectivity index (χ0v) is 10.5. The lowest BCUT2D eigenvalue weighted by atomic mass is 9.93. The first-order valence-corrected chi connectivity index (χ1v) is 5.77. The number of nitrogens with zero attached hydrogens (tertiary/aromatic N) is 1. The summed E-state index contributed by atoms with van der Waals surface area (Å²) in [5.74, 6) is -0.267. The van der Waals surface area contributed by atoms with Gasteiger partial charge in [-0.15, -0.1) is 0 Å². The number of benzene rings is 1. The van der Waals surface area contributed by atoms with E-state index in [9.17, 15) is 4.79 Å². The minimum Gasteiger partial charge on any atom is -0.469 e. The molecule has 0 aliphatic heterocycles. The van der Waals surface area contributed by atoms with Crippen LogP contribution in [-0.2, 0) is 28.8 Å². The van der Waals surface area contributed by atoms with Crippen LogP contribution in [0.3, 0.4) is 0 Å². The molecule has 1 aromatic carbocycles. The molecule has 0 saturated carbocycles. The van der Waals surface area contributed by atoms with Gasteiger partial charge < -0.3 is 4.74 Å². The highest BCUT2D eigenvalue weighted by Crippen LogP contribution is 2.20. The Bertz CT molecular complexity index is 458. The maximum atomic E-state index is 11.3. The van der Waals surface area contributed by atoms with Crippen LogP contribution in [0.4, 0.5) is 0 Å². The number of nitriles is 1. The second-order valence-corrected chi connectivity index (χ2v) is 3.84. The molecule has 0 N–H and O–H groups in total. The summed E-state index contributed by atoms with van der Waals surface area (Å²) < 4.78 is 4.68. The minimum absolute atomic E-state index is 0.238. The van der Waals surface area contributed by atoms with Gasteiger partial charge in [0.1, 0.15) is 0 Å². The van der Waals surface area contributed by atoms with E-state index in [0.29, 0.717) is 5.56 Å². The molecule has 0 spiro atoms. The van der Waals surface area contributed by atoms with Crippen molar-refractivity contribution in [3.63, 3.8) is 0 Å². The van der Waals surface area contributed by atoms with Gasteiger partial charge in [0, 0.05) is 0 Å². The van der Waals surface area contributed by atoms with Crippen molar-refractivity contribution in [2.24, 2.45) is 0 Å². The van der Waals surface area contributed by atoms with E-state index in [2.05, 4.69) is 24.7 Å². The fourth-order valence-electron chi connectivity index (χ4n) is 2.02. The lowest BCUT2D eigenvalue weighted by Gasteiger charge is -2.12. The van der Waals surface area contributed by atoms with Crippen LogP contribution in [0.15, 0.2) is 12.1 Å². The van der Waals surface area contributed by atoms with Crippen LogP contribution in [0.25, 0.3) is 0 Å². The van der Waals surface area contributed by atoms with Gasteiger partial charge in [0.15, 0.2) is 0 Å². The fourth-order valence-corrected chi connectivity index (χ4v) is 2.02. The van der Waals surface area contributed by atoms with Gasteiger partial charge in [-0.1, -0.05) is 13.8 Å². The Morgan fingerprint density at radius 3 is 2.41 bits per heavy atom. The molecule has 1 aromatic rings. The van der Waals surface area contributed by atoms with Crippen molar-refractivity contribution >= 4 is 5.97 Å². The molecule has 0 fully saturated rings. The molecule has 1 rings (SSSR count). The molecular formula is C14H17NO2. The van der Waals surface area contributed by atoms with Gasteiger partial charge in [0.2, 0.25) is 0 Å². The average molecular weight is 231 g/mol. The van der Waals surface area contributed by atoms with Crippen LogP contribution in [0.2, 0.25) is 0 Å². The molecule has 0 radical (unpaired) electrons. The zero-order chi connectivity index (χ0) is 12.8. The molecule has 0 aliphatic carbocycles. The molecule has 17 heavy (non-hydrogen) atoms. The van der Waals surface area contributed by atoms with Crippen LogP contribution < -0.4 is 0 Å². The molecule has 0 amide bonds. The topological polar surface area (TPSA) is 50.1 Å². The molecule has 0 bridgehead atoms. The van der Waals surface area contributed by atoms with Gasteiger partial charge in [-0.25, -0.2) is 0 Å². The number of ether oxygens (including phenoxy) is 1. The predicted octanol–water partition coefficient (Wildman–Crippen LogP) is 2.40. The first-order chi connectivity index (χ1) is 8.15. The standard InChI is InChI=1S/C14H17NO2/c1-4-11-6-10(9-15)7-12(13(11)5-2)8-14(16)17-3/h6-7H,4-5,8H2,1-3H3. The van der Waals surface area contributed by atoms with Crippen LogP contribution in [0.1, 0.15) is 36.1 Å². The molecule has 0 atom stereocenters. The summed E-state index contributed by atoms with van der Waals surface area (Å²) in [7, 11) is 1.38. The first-order valence-electron chi connectivity index (χ1n) is 5.77. The number of aryl methyl sites for hydroxylation is 1. The number of methoxy groups -OCH3 is 1. The van der Waals surface area contributed by atoms with Crippen LogP contribution >= 0.6 is 0 Å². The maximum Gasteiger partial charge on any atom is 0.309 e. The van der Waals surface area contributed by atoms with E-state index in [1.165, 1.54) is 7.11 Å². The smallest absolute Gasteiger partial charge is 0.309 e. The highest BCUT2D eigenvalue weighted by atomic mass is 16.5. The molecule has 0 heterocycles. The van der Waals surface area contributed by atoms with Gasteiger partial charge in [0.25, 0.3) is 0 Å². The van der Waals surface area contributed by atoms with Crippen molar-refractivity contribution in [2.45, 2.75) is 33.1 Å². The molecule has 0 saturated heterocycles. The van der Waals surface area contributed by atoms with E-state index in [-0.39, 0.29) is 12.4 Å². The molecule has 3 heteroatoms. The molecular weight excluding hydrogens is 214 g/mol. The zero-order valence-electron chi connectivity index (χ0n) is 10.5. The summed E-state index contributed by atoms with van der Waals surface area (Å²) in [6.45, 7) is 4.11. The Kier molecular flexibility index (Phi) is 4.71. The summed E-state index contributed by atoms with van der Waals surface area (Å²) in [4.78, 5) is 11.3. The third-order valence-corrected chi connectivity index (χ3v) is 2.86. The Hall–Kier alpha value is -1.82. The van der Waals surface area contributed by atoms with Crippen molar-refractivity contribution in [1.82, 2.24) is 0 Å². The summed E-state index contributed by atoms with van der Waals surface area (Å²) in [6.07, 6.45) is 1.97. The van der Waals surface area contributed by atoms with Gasteiger partial charge in [-0.05, 0) is 41.7 Å². The second kappa shape index (κ2) is 6.05. The highest BCUT2D eigenvalue weighted by Gasteiger charge is 2.12. The maximum absolute atomic E-state index is 11.3. The van der Waals surface area contributed by atoms with Crippen LogP contribution in [-0.4, -0.2) is 13.1 Å². The summed E-state index contributed by atoms with van der Waals surface area (Å²) >= 11 is 0. The van der Waals surface area contributed by atoms with E-state index in [1.807, 2.05) is 6.07 Å². The summed E-state index contributed by atoms with van der Waals surface area (Å²) in [5.41, 5.74) is 3.83. The molecule has 0 unspecified atom stereocenters. The van der Waals surface area contributed by atoms with Crippen molar-refractivity contribution < 1.29 is 9.53 Å². The Labute approximate surface area is 102 Å². The van der Waals surface area contributed by atoms with E-state index in [0.717, 1.165) is 29.5 Å². The van der Waals surface area contributed by atoms with E-state index in [4.69, 9.17) is 5.26 Å². The number of hydrogen-bond acceptors (Lipinski definition) is 3. The Morgan fingerprint density at radius 2 is 1.94 bits per heavy atom. The van der Waals surface area contributed by atoms with E-state index < -0.39 is 0 Å². The molecule has 90 valence electrons. The van der Waals surface area contributed by atoms with Gasteiger partial charge in [-0.2, -0.15) is 5.26 Å². The van der Waals surface area contributed by atoms with Gasteiger partial charge >= 0.3 is 5.97 Å². The Morgan fingerprint density at radius 1 is 1.29 bits per heavy atom. The monoisotopic (exact) mass is 231 g/mol. The van der Waals surface area contributed by atoms with Crippen LogP contribution in [0, 0.1) is 11.3 Å². The number of carbonyl (C=O) groups excluding carboxylic acids is 1. The average Bonchev–Trinajstić information content (AvgIpc) is 2.37. The van der Waals surface area contributed by atoms with Gasteiger partial charge in [0.05, 0.1) is 25.2 Å². The van der Waals surface area contributed by atoms with Crippen molar-refractivity contribution in [3.8, 4) is 6.07 Å². The second-order valence-electron chi connectivity index (χ2n) is 3.84. The minimum atomic E-state index is -0.267. The predicted molar refractivity (Wildman–Crippen MR) is 65.6 cm³/mol. The fraction of sp³-hybridized carbons (Fsp3) is 0.429. The van der Waals surface area contributed by atoms with E-state index in [1.54, 1.807) is 6.07 Å². The highest BCUT2D eigenvalue weighted by molar-refractivity contribution is 5.73. The lowest BCUT2D eigenvalue weighted by molar-refractivity contribution is -0.139. The first kappa shape index (κ1) is 13.2. The summed E-state index contributed by atoms with van der Waals surface area (Å²) in [6, 6.07) is 5.82. The van der Waals surface area contributed by atoms with E-state index >= 15 is 0 Å². The van der Waals surface area contributed by atoms with Gasteiger partial charge in [-0.3, -0.25) is 4.79 Å². The van der Waals surface area contributed by atoms with Crippen molar-refractivity contribution in [1.29, 1.82) is 5.26 Å². The van der Waals surface area contributed by atoms with Crippen LogP contribution in [0.5, 0.6) is 0 Å². The largest absolute Gasteiger partial charge is 0.469 e. The molecule has 3 nitrogen and oxygen atoms in total. The third kappa shape index (κ3) is 3.07. The number of carbonyl (C=O) groups is 1. The normalized spacial score (nSPS) is 9.76. The number of rotatable bonds is 4. The van der Waals surface area contributed by atoms with Crippen molar-refractivity contribution in [2.75, 3.05) is 7.11 Å².